The Morgan fingerprint density at radius 3 is 2.06 bits per heavy atom. The maximum Gasteiger partial charge on any atom is 0.275 e. The summed E-state index contributed by atoms with van der Waals surface area (Å²) in [5, 5.41) is 2.22. The normalized spacial score (nSPS) is 29.9. The fourth-order valence-electron chi connectivity index (χ4n) is 5.94. The van der Waals surface area contributed by atoms with Gasteiger partial charge in [-0.2, -0.15) is 5.01 Å². The highest BCUT2D eigenvalue weighted by Gasteiger charge is 2.68. The first kappa shape index (κ1) is 24.7. The Bertz CT molecular complexity index is 1180. The summed E-state index contributed by atoms with van der Waals surface area (Å²) >= 11 is 13.7. The number of hydrazine groups is 1. The first-order valence-corrected chi connectivity index (χ1v) is 13.8. The molecule has 1 saturated heterocycles. The molecule has 0 aromatic heterocycles. The smallest absolute Gasteiger partial charge is 0.275 e. The van der Waals surface area contributed by atoms with Gasteiger partial charge in [0.2, 0.25) is 0 Å². The summed E-state index contributed by atoms with van der Waals surface area (Å²) in [6.07, 6.45) is 0.983. The molecule has 5 rings (SSSR count). The van der Waals surface area contributed by atoms with Crippen LogP contribution in [0, 0.1) is 23.7 Å². The summed E-state index contributed by atoms with van der Waals surface area (Å²) in [4.78, 5) is 55.3. The van der Waals surface area contributed by atoms with Gasteiger partial charge in [0.05, 0.1) is 22.4 Å². The minimum atomic E-state index is -1.05. The maximum absolute atomic E-state index is 13.9. The summed E-state index contributed by atoms with van der Waals surface area (Å²) < 4.78 is 0. The van der Waals surface area contributed by atoms with Crippen LogP contribution in [0.15, 0.2) is 54.6 Å². The van der Waals surface area contributed by atoms with E-state index < -0.39 is 35.6 Å². The van der Waals surface area contributed by atoms with Gasteiger partial charge < -0.3 is 0 Å². The standard InChI is InChI=1S/C26H23Br2ClN2O4/c1-2-18(23(32)13-8-4-3-5-9-13)30(24(33)14-10-6-7-11-17(14)29)31-25(34)19-15-12-16(20(19)26(31)35)22(28)21(15)27/h3-11,15-16,18-22H,2,12H2,1H3/t15-,16-,18-,19-,20-,21-,22+/m1/s1. The average Bonchev–Trinajstić information content (AvgIpc) is 3.48. The maximum atomic E-state index is 13.9. The Morgan fingerprint density at radius 1 is 0.971 bits per heavy atom. The van der Waals surface area contributed by atoms with Crippen molar-refractivity contribution in [3.63, 3.8) is 0 Å². The molecule has 2 saturated carbocycles. The first-order valence-electron chi connectivity index (χ1n) is 11.6. The molecule has 1 aliphatic heterocycles. The zero-order valence-corrected chi connectivity index (χ0v) is 22.7. The number of benzene rings is 2. The molecule has 0 spiro atoms. The first-order chi connectivity index (χ1) is 16.8. The molecule has 9 heteroatoms. The SMILES string of the molecule is CC[C@H](C(=O)c1ccccc1)N(C(=O)c1ccccc1Cl)N1C(=O)[C@@H]2[C@H]3C[C@@H]([C@@H](Br)[C@H]3Br)[C@H]2C1=O. The van der Waals surface area contributed by atoms with Gasteiger partial charge in [0.1, 0.15) is 6.04 Å². The van der Waals surface area contributed by atoms with Crippen molar-refractivity contribution in [2.75, 3.05) is 0 Å². The molecule has 182 valence electrons. The summed E-state index contributed by atoms with van der Waals surface area (Å²) in [5.74, 6) is -2.89. The van der Waals surface area contributed by atoms with E-state index in [0.717, 1.165) is 16.4 Å². The number of carbonyl (C=O) groups is 4. The summed E-state index contributed by atoms with van der Waals surface area (Å²) in [6.45, 7) is 1.76. The quantitative estimate of drug-likeness (QED) is 0.254. The molecule has 6 nitrogen and oxygen atoms in total. The number of alkyl halides is 2. The molecule has 1 heterocycles. The van der Waals surface area contributed by atoms with Crippen molar-refractivity contribution in [1.29, 1.82) is 0 Å². The van der Waals surface area contributed by atoms with E-state index in [1.165, 1.54) is 6.07 Å². The minimum Gasteiger partial charge on any atom is -0.292 e. The van der Waals surface area contributed by atoms with Crippen LogP contribution in [-0.2, 0) is 9.59 Å². The predicted molar refractivity (Wildman–Crippen MR) is 138 cm³/mol. The van der Waals surface area contributed by atoms with Crippen molar-refractivity contribution in [3.8, 4) is 0 Å². The zero-order valence-electron chi connectivity index (χ0n) is 18.8. The third-order valence-corrected chi connectivity index (χ3v) is 11.1. The van der Waals surface area contributed by atoms with Crippen LogP contribution in [0.1, 0.15) is 40.5 Å². The van der Waals surface area contributed by atoms with Crippen molar-refractivity contribution >= 4 is 67.0 Å². The van der Waals surface area contributed by atoms with Crippen molar-refractivity contribution in [2.45, 2.75) is 35.5 Å². The molecule has 7 atom stereocenters. The highest BCUT2D eigenvalue weighted by atomic mass is 79.9. The van der Waals surface area contributed by atoms with E-state index in [2.05, 4.69) is 31.9 Å². The second-order valence-corrected chi connectivity index (χ2v) is 11.8. The van der Waals surface area contributed by atoms with E-state index in [4.69, 9.17) is 11.6 Å². The number of fused-ring (bicyclic) bond motifs is 5. The summed E-state index contributed by atoms with van der Waals surface area (Å²) in [5.41, 5.74) is 0.530. The molecule has 3 aliphatic rings. The molecule has 2 bridgehead atoms. The number of halogens is 3. The van der Waals surface area contributed by atoms with Crippen LogP contribution < -0.4 is 0 Å². The number of Topliss-reactive ketones (excluding diaryl/α,β-unsaturated/α-hetero) is 1. The Balaban J connectivity index is 1.60. The molecule has 3 fully saturated rings. The predicted octanol–water partition coefficient (Wildman–Crippen LogP) is 5.14. The molecule has 2 aliphatic carbocycles. The van der Waals surface area contributed by atoms with Gasteiger partial charge in [0.15, 0.2) is 5.78 Å². The van der Waals surface area contributed by atoms with E-state index >= 15 is 0 Å². The lowest BCUT2D eigenvalue weighted by molar-refractivity contribution is -0.157. The monoisotopic (exact) mass is 620 g/mol. The summed E-state index contributed by atoms with van der Waals surface area (Å²) in [7, 11) is 0. The van der Waals surface area contributed by atoms with Crippen LogP contribution in [0.4, 0.5) is 0 Å². The van der Waals surface area contributed by atoms with Gasteiger partial charge in [-0.15, -0.1) is 0 Å². The Labute approximate surface area is 225 Å². The van der Waals surface area contributed by atoms with Crippen LogP contribution >= 0.6 is 43.5 Å². The number of hydrogen-bond acceptors (Lipinski definition) is 4. The van der Waals surface area contributed by atoms with E-state index in [-0.39, 0.29) is 44.3 Å². The van der Waals surface area contributed by atoms with E-state index in [9.17, 15) is 19.2 Å². The highest BCUT2D eigenvalue weighted by molar-refractivity contribution is 9.12. The second-order valence-electron chi connectivity index (χ2n) is 9.28. The number of imide groups is 1. The van der Waals surface area contributed by atoms with Crippen LogP contribution in [-0.4, -0.2) is 49.2 Å². The number of rotatable bonds is 6. The van der Waals surface area contributed by atoms with Crippen LogP contribution in [0.5, 0.6) is 0 Å². The second kappa shape index (κ2) is 9.45. The van der Waals surface area contributed by atoms with Gasteiger partial charge in [0, 0.05) is 15.2 Å². The lowest BCUT2D eigenvalue weighted by Gasteiger charge is -2.36. The molecular weight excluding hydrogens is 600 g/mol. The Kier molecular flexibility index (Phi) is 6.66. The largest absolute Gasteiger partial charge is 0.292 e. The number of amides is 3. The van der Waals surface area contributed by atoms with E-state index in [1.54, 1.807) is 55.5 Å². The number of hydrogen-bond donors (Lipinski definition) is 0. The number of ketones is 1. The molecule has 0 N–H and O–H groups in total. The topological polar surface area (TPSA) is 74.8 Å². The minimum absolute atomic E-state index is 0.0157. The number of nitrogens with zero attached hydrogens (tertiary/aromatic N) is 2. The Morgan fingerprint density at radius 2 is 1.51 bits per heavy atom. The van der Waals surface area contributed by atoms with E-state index in [0.29, 0.717) is 5.56 Å². The summed E-state index contributed by atoms with van der Waals surface area (Å²) in [6, 6.07) is 14.0. The molecule has 2 aromatic carbocycles. The van der Waals surface area contributed by atoms with Crippen LogP contribution in [0.3, 0.4) is 0 Å². The lowest BCUT2D eigenvalue weighted by Crippen LogP contribution is -2.57. The van der Waals surface area contributed by atoms with Gasteiger partial charge in [0.25, 0.3) is 17.7 Å². The van der Waals surface area contributed by atoms with Gasteiger partial charge >= 0.3 is 0 Å². The van der Waals surface area contributed by atoms with E-state index in [1.807, 2.05) is 0 Å². The number of carbonyl (C=O) groups excluding carboxylic acids is 4. The van der Waals surface area contributed by atoms with Crippen molar-refractivity contribution in [1.82, 2.24) is 10.0 Å². The molecule has 3 amide bonds. The Hall–Kier alpha value is -2.03. The van der Waals surface area contributed by atoms with Crippen LogP contribution in [0.2, 0.25) is 5.02 Å². The zero-order chi connectivity index (χ0) is 25.0. The van der Waals surface area contributed by atoms with Gasteiger partial charge in [-0.05, 0) is 36.8 Å². The van der Waals surface area contributed by atoms with Crippen molar-refractivity contribution < 1.29 is 19.2 Å². The fraction of sp³-hybridized carbons (Fsp3) is 0.385. The molecule has 0 unspecified atom stereocenters. The van der Waals surface area contributed by atoms with Gasteiger partial charge in [-0.3, -0.25) is 19.2 Å². The van der Waals surface area contributed by atoms with Crippen molar-refractivity contribution in [3.05, 3.63) is 70.7 Å². The highest BCUT2D eigenvalue weighted by Crippen LogP contribution is 2.60. The molecule has 35 heavy (non-hydrogen) atoms. The molecule has 2 aromatic rings. The average molecular weight is 623 g/mol. The van der Waals surface area contributed by atoms with Crippen molar-refractivity contribution in [2.24, 2.45) is 23.7 Å². The van der Waals surface area contributed by atoms with Gasteiger partial charge in [-0.1, -0.05) is 92.8 Å². The molecular formula is C26H23Br2ClN2O4. The van der Waals surface area contributed by atoms with Crippen LogP contribution in [0.25, 0.3) is 0 Å². The lowest BCUT2D eigenvalue weighted by atomic mass is 9.81. The fourth-order valence-corrected chi connectivity index (χ4v) is 8.03. The third-order valence-electron chi connectivity index (χ3n) is 7.53. The third kappa shape index (κ3) is 3.80. The molecule has 0 radical (unpaired) electrons. The van der Waals surface area contributed by atoms with Gasteiger partial charge in [-0.25, -0.2) is 5.01 Å².